The number of piperidine rings is 1. The van der Waals surface area contributed by atoms with Crippen LogP contribution in [0.4, 0.5) is 4.39 Å². The van der Waals surface area contributed by atoms with E-state index in [0.717, 1.165) is 18.8 Å². The van der Waals surface area contributed by atoms with Gasteiger partial charge in [-0.05, 0) is 44.8 Å². The van der Waals surface area contributed by atoms with Crippen LogP contribution in [0.3, 0.4) is 0 Å². The predicted molar refractivity (Wildman–Crippen MR) is 80.6 cm³/mol. The van der Waals surface area contributed by atoms with Crippen molar-refractivity contribution in [3.63, 3.8) is 0 Å². The lowest BCUT2D eigenvalue weighted by Gasteiger charge is -2.26. The molecule has 1 aromatic carbocycles. The van der Waals surface area contributed by atoms with Crippen molar-refractivity contribution in [3.05, 3.63) is 29.7 Å². The Balaban J connectivity index is 1.59. The molecule has 6 heteroatoms. The number of rotatable bonds is 3. The molecular weight excluding hydrogens is 283 g/mol. The van der Waals surface area contributed by atoms with Crippen molar-refractivity contribution >= 4 is 16.8 Å². The first-order valence-electron chi connectivity index (χ1n) is 7.65. The maximum absolute atomic E-state index is 13.8. The Labute approximate surface area is 127 Å². The van der Waals surface area contributed by atoms with Crippen LogP contribution in [0.25, 0.3) is 10.9 Å². The molecule has 2 atom stereocenters. The van der Waals surface area contributed by atoms with E-state index in [4.69, 9.17) is 0 Å². The number of halogens is 1. The smallest absolute Gasteiger partial charge is 0.224 e. The molecule has 4 rings (SSSR count). The van der Waals surface area contributed by atoms with E-state index in [0.29, 0.717) is 22.7 Å². The van der Waals surface area contributed by atoms with Crippen molar-refractivity contribution in [3.8, 4) is 0 Å². The highest BCUT2D eigenvalue weighted by Crippen LogP contribution is 2.49. The predicted octanol–water partition coefficient (Wildman–Crippen LogP) is 1.52. The molecule has 116 valence electrons. The zero-order valence-corrected chi connectivity index (χ0v) is 12.6. The fraction of sp³-hybridized carbons (Fsp3) is 0.500. The van der Waals surface area contributed by atoms with Gasteiger partial charge in [-0.15, -0.1) is 0 Å². The van der Waals surface area contributed by atoms with Crippen LogP contribution in [0.15, 0.2) is 18.2 Å². The number of nitrogens with one attached hydrogen (secondary N) is 3. The molecule has 1 saturated heterocycles. The molecule has 5 nitrogen and oxygen atoms in total. The third kappa shape index (κ3) is 1.94. The number of aromatic nitrogens is 2. The quantitative estimate of drug-likeness (QED) is 0.805. The highest BCUT2D eigenvalue weighted by Gasteiger charge is 2.57. The number of hydrogen-bond acceptors (Lipinski definition) is 3. The zero-order valence-electron chi connectivity index (χ0n) is 12.6. The molecule has 0 radical (unpaired) electrons. The van der Waals surface area contributed by atoms with Crippen LogP contribution in [0.1, 0.15) is 19.5 Å². The average molecular weight is 302 g/mol. The van der Waals surface area contributed by atoms with Gasteiger partial charge in [-0.1, -0.05) is 12.1 Å². The van der Waals surface area contributed by atoms with Crippen molar-refractivity contribution < 1.29 is 9.18 Å². The van der Waals surface area contributed by atoms with E-state index in [1.165, 1.54) is 6.07 Å². The third-order valence-corrected chi connectivity index (χ3v) is 4.99. The van der Waals surface area contributed by atoms with Crippen molar-refractivity contribution in [2.45, 2.75) is 19.4 Å². The van der Waals surface area contributed by atoms with Gasteiger partial charge in [0.25, 0.3) is 0 Å². The number of carbonyl (C=O) groups excluding carboxylic acids is 1. The number of para-hydroxylation sites is 1. The zero-order chi connectivity index (χ0) is 15.5. The van der Waals surface area contributed by atoms with E-state index in [1.807, 2.05) is 19.9 Å². The number of carbonyl (C=O) groups is 1. The van der Waals surface area contributed by atoms with E-state index in [-0.39, 0.29) is 17.6 Å². The SMILES string of the molecule is CC(C)(NC(=O)C1C2CNCC21)c1[nH]nc2c(F)cccc12. The summed E-state index contributed by atoms with van der Waals surface area (Å²) >= 11 is 0. The summed E-state index contributed by atoms with van der Waals surface area (Å²) in [4.78, 5) is 12.5. The third-order valence-electron chi connectivity index (χ3n) is 4.99. The van der Waals surface area contributed by atoms with E-state index in [2.05, 4.69) is 20.8 Å². The summed E-state index contributed by atoms with van der Waals surface area (Å²) in [5.41, 5.74) is 0.427. The van der Waals surface area contributed by atoms with Crippen LogP contribution in [0.2, 0.25) is 0 Å². The molecule has 0 bridgehead atoms. The Morgan fingerprint density at radius 1 is 1.36 bits per heavy atom. The van der Waals surface area contributed by atoms with Crippen LogP contribution in [-0.2, 0) is 10.3 Å². The number of amides is 1. The summed E-state index contributed by atoms with van der Waals surface area (Å²) in [5.74, 6) is 0.801. The molecule has 2 unspecified atom stereocenters. The normalized spacial score (nSPS) is 27.0. The second-order valence-electron chi connectivity index (χ2n) is 6.86. The standard InChI is InChI=1S/C16H19FN4O/c1-16(2,19-15(22)12-9-6-18-7-10(9)12)14-8-4-3-5-11(17)13(8)20-21-14/h3-5,9-10,12,18H,6-7H2,1-2H3,(H,19,22)(H,20,21). The molecular formula is C16H19FN4O. The Morgan fingerprint density at radius 2 is 2.09 bits per heavy atom. The summed E-state index contributed by atoms with van der Waals surface area (Å²) in [6.45, 7) is 5.70. The molecule has 0 spiro atoms. The molecule has 22 heavy (non-hydrogen) atoms. The van der Waals surface area contributed by atoms with Crippen LogP contribution in [0.5, 0.6) is 0 Å². The van der Waals surface area contributed by atoms with Gasteiger partial charge >= 0.3 is 0 Å². The maximum Gasteiger partial charge on any atom is 0.224 e. The molecule has 2 heterocycles. The molecule has 1 aromatic heterocycles. The van der Waals surface area contributed by atoms with Crippen LogP contribution in [0, 0.1) is 23.6 Å². The summed E-state index contributed by atoms with van der Waals surface area (Å²) < 4.78 is 13.8. The molecule has 2 fully saturated rings. The molecule has 1 saturated carbocycles. The van der Waals surface area contributed by atoms with E-state index < -0.39 is 5.54 Å². The number of hydrogen-bond donors (Lipinski definition) is 3. The van der Waals surface area contributed by atoms with Gasteiger partial charge in [-0.25, -0.2) is 4.39 Å². The average Bonchev–Trinajstić information content (AvgIpc) is 2.85. The number of fused-ring (bicyclic) bond motifs is 2. The van der Waals surface area contributed by atoms with Crippen LogP contribution in [-0.4, -0.2) is 29.2 Å². The summed E-state index contributed by atoms with van der Waals surface area (Å²) in [5, 5.41) is 14.0. The van der Waals surface area contributed by atoms with Gasteiger partial charge < -0.3 is 10.6 Å². The van der Waals surface area contributed by atoms with Gasteiger partial charge in [0.15, 0.2) is 5.82 Å². The summed E-state index contributed by atoms with van der Waals surface area (Å²) in [6, 6.07) is 4.86. The van der Waals surface area contributed by atoms with Crippen molar-refractivity contribution in [2.24, 2.45) is 17.8 Å². The Hall–Kier alpha value is -1.95. The lowest BCUT2D eigenvalue weighted by molar-refractivity contribution is -0.124. The van der Waals surface area contributed by atoms with Gasteiger partial charge in [0.2, 0.25) is 5.91 Å². The number of H-pyrrole nitrogens is 1. The van der Waals surface area contributed by atoms with E-state index in [9.17, 15) is 9.18 Å². The molecule has 1 aliphatic heterocycles. The number of aromatic amines is 1. The topological polar surface area (TPSA) is 69.8 Å². The van der Waals surface area contributed by atoms with Crippen molar-refractivity contribution in [2.75, 3.05) is 13.1 Å². The molecule has 1 amide bonds. The minimum Gasteiger partial charge on any atom is -0.345 e. The fourth-order valence-electron chi connectivity index (χ4n) is 3.74. The van der Waals surface area contributed by atoms with Crippen molar-refractivity contribution in [1.82, 2.24) is 20.8 Å². The number of benzene rings is 1. The minimum atomic E-state index is -0.621. The van der Waals surface area contributed by atoms with E-state index in [1.54, 1.807) is 6.07 Å². The summed E-state index contributed by atoms with van der Waals surface area (Å²) in [6.07, 6.45) is 0. The molecule has 3 N–H and O–H groups in total. The van der Waals surface area contributed by atoms with Crippen LogP contribution < -0.4 is 10.6 Å². The Morgan fingerprint density at radius 3 is 2.82 bits per heavy atom. The van der Waals surface area contributed by atoms with Crippen molar-refractivity contribution in [1.29, 1.82) is 0 Å². The first kappa shape index (κ1) is 13.7. The highest BCUT2D eigenvalue weighted by atomic mass is 19.1. The molecule has 2 aliphatic rings. The molecule has 1 aliphatic carbocycles. The molecule has 2 aromatic rings. The van der Waals surface area contributed by atoms with Gasteiger partial charge in [0, 0.05) is 11.3 Å². The van der Waals surface area contributed by atoms with E-state index >= 15 is 0 Å². The highest BCUT2D eigenvalue weighted by molar-refractivity contribution is 5.86. The second kappa shape index (κ2) is 4.52. The lowest BCUT2D eigenvalue weighted by atomic mass is 9.96. The van der Waals surface area contributed by atoms with Gasteiger partial charge in [0.05, 0.1) is 11.2 Å². The van der Waals surface area contributed by atoms with Gasteiger partial charge in [-0.2, -0.15) is 5.10 Å². The minimum absolute atomic E-state index is 0.0839. The fourth-order valence-corrected chi connectivity index (χ4v) is 3.74. The summed E-state index contributed by atoms with van der Waals surface area (Å²) in [7, 11) is 0. The lowest BCUT2D eigenvalue weighted by Crippen LogP contribution is -2.43. The van der Waals surface area contributed by atoms with Gasteiger partial charge in [-0.3, -0.25) is 9.89 Å². The Kier molecular flexibility index (Phi) is 2.81. The first-order valence-corrected chi connectivity index (χ1v) is 7.65. The second-order valence-corrected chi connectivity index (χ2v) is 6.86. The van der Waals surface area contributed by atoms with Crippen LogP contribution >= 0.6 is 0 Å². The Bertz CT molecular complexity index is 744. The van der Waals surface area contributed by atoms with Gasteiger partial charge in [0.1, 0.15) is 5.52 Å². The maximum atomic E-state index is 13.8. The largest absolute Gasteiger partial charge is 0.345 e. The number of nitrogens with zero attached hydrogens (tertiary/aromatic N) is 1. The first-order chi connectivity index (χ1) is 10.5. The monoisotopic (exact) mass is 302 g/mol.